The highest BCUT2D eigenvalue weighted by molar-refractivity contribution is 6.04. The molecule has 0 aliphatic heterocycles. The lowest BCUT2D eigenvalue weighted by Gasteiger charge is -2.20. The van der Waals surface area contributed by atoms with Gasteiger partial charge in [0.15, 0.2) is 5.69 Å². The van der Waals surface area contributed by atoms with Crippen LogP contribution in [0.5, 0.6) is 0 Å². The van der Waals surface area contributed by atoms with E-state index in [-0.39, 0.29) is 5.91 Å². The first-order valence-corrected chi connectivity index (χ1v) is 8.12. The van der Waals surface area contributed by atoms with Crippen LogP contribution < -0.4 is 10.2 Å². The van der Waals surface area contributed by atoms with Crippen molar-refractivity contribution in [3.05, 3.63) is 78.2 Å². The predicted octanol–water partition coefficient (Wildman–Crippen LogP) is 3.15. The highest BCUT2D eigenvalue weighted by Gasteiger charge is 2.17. The monoisotopic (exact) mass is 333 g/mol. The van der Waals surface area contributed by atoms with E-state index in [1.165, 1.54) is 0 Å². The molecule has 2 heterocycles. The Morgan fingerprint density at radius 1 is 1.00 bits per heavy atom. The molecule has 0 aliphatic carbocycles. The lowest BCUT2D eigenvalue weighted by atomic mass is 10.2. The number of anilines is 2. The van der Waals surface area contributed by atoms with Gasteiger partial charge in [0.25, 0.3) is 5.91 Å². The van der Waals surface area contributed by atoms with Crippen molar-refractivity contribution in [1.29, 1.82) is 0 Å². The molecule has 0 unspecified atom stereocenters. The summed E-state index contributed by atoms with van der Waals surface area (Å²) in [6.07, 6.45) is 1.74. The third-order valence-corrected chi connectivity index (χ3v) is 3.69. The molecule has 0 atom stereocenters. The molecule has 1 aromatic carbocycles. The Kier molecular flexibility index (Phi) is 5.31. The quantitative estimate of drug-likeness (QED) is 0.750. The highest BCUT2D eigenvalue weighted by atomic mass is 16.2. The van der Waals surface area contributed by atoms with E-state index in [1.54, 1.807) is 23.2 Å². The largest absolute Gasteiger partial charge is 0.363 e. The highest BCUT2D eigenvalue weighted by Crippen LogP contribution is 2.16. The molecule has 1 amide bonds. The fourth-order valence-corrected chi connectivity index (χ4v) is 2.41. The number of carbonyl (C=O) groups excluding carboxylic acids is 1. The zero-order chi connectivity index (χ0) is 17.5. The van der Waals surface area contributed by atoms with Crippen molar-refractivity contribution in [3.8, 4) is 0 Å². The van der Waals surface area contributed by atoms with Crippen LogP contribution in [0, 0.1) is 0 Å². The van der Waals surface area contributed by atoms with E-state index in [2.05, 4.69) is 20.5 Å². The standard InChI is InChI=1S/C19H19N5O/c1-2-24(16-9-4-3-5-10-16)19(25)17-11-12-18(23-22-17)21-14-15-8-6-7-13-20-15/h3-13H,2,14H2,1H3,(H,21,23). The molecule has 6 nitrogen and oxygen atoms in total. The first-order valence-electron chi connectivity index (χ1n) is 8.12. The minimum absolute atomic E-state index is 0.169. The zero-order valence-electron chi connectivity index (χ0n) is 14.0. The van der Waals surface area contributed by atoms with Gasteiger partial charge in [-0.1, -0.05) is 24.3 Å². The second-order valence-corrected chi connectivity index (χ2v) is 5.36. The number of aromatic nitrogens is 3. The van der Waals surface area contributed by atoms with Crippen LogP contribution in [0.4, 0.5) is 11.5 Å². The fraction of sp³-hybridized carbons (Fsp3) is 0.158. The van der Waals surface area contributed by atoms with Crippen LogP contribution in [-0.4, -0.2) is 27.6 Å². The van der Waals surface area contributed by atoms with Crippen LogP contribution in [0.1, 0.15) is 23.1 Å². The molecular weight excluding hydrogens is 314 g/mol. The van der Waals surface area contributed by atoms with Gasteiger partial charge >= 0.3 is 0 Å². The molecule has 0 bridgehead atoms. The van der Waals surface area contributed by atoms with E-state index in [4.69, 9.17) is 0 Å². The van der Waals surface area contributed by atoms with Gasteiger partial charge in [0, 0.05) is 18.4 Å². The molecule has 0 radical (unpaired) electrons. The van der Waals surface area contributed by atoms with E-state index < -0.39 is 0 Å². The second kappa shape index (κ2) is 8.01. The molecule has 6 heteroatoms. The summed E-state index contributed by atoms with van der Waals surface area (Å²) in [6, 6.07) is 18.7. The summed E-state index contributed by atoms with van der Waals surface area (Å²) in [5, 5.41) is 11.3. The van der Waals surface area contributed by atoms with Crippen molar-refractivity contribution in [2.75, 3.05) is 16.8 Å². The molecule has 3 rings (SSSR count). The van der Waals surface area contributed by atoms with Crippen LogP contribution in [0.3, 0.4) is 0 Å². The Bertz CT molecular complexity index is 806. The van der Waals surface area contributed by atoms with Crippen LogP contribution in [0.25, 0.3) is 0 Å². The third kappa shape index (κ3) is 4.17. The van der Waals surface area contributed by atoms with Crippen molar-refractivity contribution >= 4 is 17.4 Å². The van der Waals surface area contributed by atoms with E-state index in [0.717, 1.165) is 11.4 Å². The van der Waals surface area contributed by atoms with Crippen molar-refractivity contribution in [2.45, 2.75) is 13.5 Å². The molecule has 0 aliphatic rings. The number of hydrogen-bond donors (Lipinski definition) is 1. The molecular formula is C19H19N5O. The van der Waals surface area contributed by atoms with Crippen molar-refractivity contribution in [3.63, 3.8) is 0 Å². The minimum Gasteiger partial charge on any atom is -0.363 e. The first kappa shape index (κ1) is 16.6. The predicted molar refractivity (Wildman–Crippen MR) is 97.4 cm³/mol. The fourth-order valence-electron chi connectivity index (χ4n) is 2.41. The molecule has 126 valence electrons. The normalized spacial score (nSPS) is 10.3. The smallest absolute Gasteiger partial charge is 0.278 e. The lowest BCUT2D eigenvalue weighted by Crippen LogP contribution is -2.31. The number of carbonyl (C=O) groups is 1. The average Bonchev–Trinajstić information content (AvgIpc) is 2.69. The Morgan fingerprint density at radius 2 is 1.80 bits per heavy atom. The van der Waals surface area contributed by atoms with Crippen LogP contribution >= 0.6 is 0 Å². The number of nitrogens with zero attached hydrogens (tertiary/aromatic N) is 4. The molecule has 0 saturated carbocycles. The maximum absolute atomic E-state index is 12.7. The topological polar surface area (TPSA) is 71.0 Å². The van der Waals surface area contributed by atoms with Gasteiger partial charge in [0.05, 0.1) is 12.2 Å². The second-order valence-electron chi connectivity index (χ2n) is 5.36. The summed E-state index contributed by atoms with van der Waals surface area (Å²) in [4.78, 5) is 18.6. The van der Waals surface area contributed by atoms with Crippen molar-refractivity contribution in [1.82, 2.24) is 15.2 Å². The summed E-state index contributed by atoms with van der Waals surface area (Å²) in [5.41, 5.74) is 2.06. The third-order valence-electron chi connectivity index (χ3n) is 3.69. The minimum atomic E-state index is -0.169. The molecule has 0 saturated heterocycles. The Labute approximate surface area is 146 Å². The number of nitrogens with one attached hydrogen (secondary N) is 1. The van der Waals surface area contributed by atoms with E-state index in [0.29, 0.717) is 24.6 Å². The van der Waals surface area contributed by atoms with Gasteiger partial charge in [-0.2, -0.15) is 0 Å². The van der Waals surface area contributed by atoms with Gasteiger partial charge in [-0.25, -0.2) is 0 Å². The first-order chi connectivity index (χ1) is 12.3. The SMILES string of the molecule is CCN(C(=O)c1ccc(NCc2ccccn2)nn1)c1ccccc1. The number of amides is 1. The molecule has 3 aromatic rings. The molecule has 25 heavy (non-hydrogen) atoms. The lowest BCUT2D eigenvalue weighted by molar-refractivity contribution is 0.0982. The van der Waals surface area contributed by atoms with Crippen molar-refractivity contribution < 1.29 is 4.79 Å². The Hall–Kier alpha value is -3.28. The number of pyridine rings is 1. The van der Waals surface area contributed by atoms with Crippen LogP contribution in [0.15, 0.2) is 66.9 Å². The van der Waals surface area contributed by atoms with Gasteiger partial charge in [0.1, 0.15) is 5.82 Å². The summed E-state index contributed by atoms with van der Waals surface area (Å²) in [7, 11) is 0. The number of para-hydroxylation sites is 1. The van der Waals surface area contributed by atoms with E-state index in [9.17, 15) is 4.79 Å². The molecule has 0 spiro atoms. The van der Waals surface area contributed by atoms with Gasteiger partial charge in [-0.3, -0.25) is 9.78 Å². The summed E-state index contributed by atoms with van der Waals surface area (Å²) < 4.78 is 0. The average molecular weight is 333 g/mol. The number of hydrogen-bond acceptors (Lipinski definition) is 5. The molecule has 2 aromatic heterocycles. The molecule has 1 N–H and O–H groups in total. The van der Waals surface area contributed by atoms with Gasteiger partial charge < -0.3 is 10.2 Å². The van der Waals surface area contributed by atoms with Gasteiger partial charge in [0.2, 0.25) is 0 Å². The summed E-state index contributed by atoms with van der Waals surface area (Å²) in [6.45, 7) is 3.04. The van der Waals surface area contributed by atoms with Crippen LogP contribution in [-0.2, 0) is 6.54 Å². The zero-order valence-corrected chi connectivity index (χ0v) is 14.0. The number of rotatable bonds is 6. The van der Waals surface area contributed by atoms with Crippen LogP contribution in [0.2, 0.25) is 0 Å². The Morgan fingerprint density at radius 3 is 2.44 bits per heavy atom. The number of benzene rings is 1. The Balaban J connectivity index is 1.68. The maximum atomic E-state index is 12.7. The summed E-state index contributed by atoms with van der Waals surface area (Å²) >= 11 is 0. The van der Waals surface area contributed by atoms with Gasteiger partial charge in [-0.05, 0) is 43.3 Å². The van der Waals surface area contributed by atoms with E-state index in [1.807, 2.05) is 55.5 Å². The molecule has 0 fully saturated rings. The van der Waals surface area contributed by atoms with Crippen molar-refractivity contribution in [2.24, 2.45) is 0 Å². The van der Waals surface area contributed by atoms with Gasteiger partial charge in [-0.15, -0.1) is 10.2 Å². The maximum Gasteiger partial charge on any atom is 0.278 e. The van der Waals surface area contributed by atoms with E-state index >= 15 is 0 Å². The summed E-state index contributed by atoms with van der Waals surface area (Å²) in [5.74, 6) is 0.433.